The summed E-state index contributed by atoms with van der Waals surface area (Å²) in [5.41, 5.74) is 4.72. The van der Waals surface area contributed by atoms with Crippen LogP contribution in [0.15, 0.2) is 48.5 Å². The molecule has 5 rings (SSSR count). The van der Waals surface area contributed by atoms with Gasteiger partial charge in [0, 0.05) is 38.4 Å². The number of ether oxygens (including phenoxy) is 1. The Balaban J connectivity index is 1.14. The molecule has 0 bridgehead atoms. The fourth-order valence-electron chi connectivity index (χ4n) is 5.51. The predicted molar refractivity (Wildman–Crippen MR) is 143 cm³/mol. The van der Waals surface area contributed by atoms with Crippen LogP contribution in [-0.2, 0) is 26.1 Å². The van der Waals surface area contributed by atoms with Gasteiger partial charge in [0.15, 0.2) is 0 Å². The second kappa shape index (κ2) is 11.3. The molecule has 1 N–H and O–H groups in total. The van der Waals surface area contributed by atoms with Crippen LogP contribution in [0.4, 0.5) is 18.9 Å². The molecule has 0 unspecified atom stereocenters. The monoisotopic (exact) mass is 541 g/mol. The Morgan fingerprint density at radius 1 is 1.03 bits per heavy atom. The number of aromatic nitrogens is 2. The van der Waals surface area contributed by atoms with E-state index in [0.29, 0.717) is 18.2 Å². The van der Waals surface area contributed by atoms with Crippen LogP contribution in [0.3, 0.4) is 0 Å². The molecule has 10 heteroatoms. The fourth-order valence-corrected chi connectivity index (χ4v) is 5.51. The first kappa shape index (κ1) is 27.1. The molecule has 0 saturated carbocycles. The highest BCUT2D eigenvalue weighted by atomic mass is 19.4. The molecule has 1 saturated heterocycles. The minimum absolute atomic E-state index is 0.0840. The van der Waals surface area contributed by atoms with Crippen LogP contribution >= 0.6 is 0 Å². The van der Waals surface area contributed by atoms with Crippen LogP contribution in [0.5, 0.6) is 5.75 Å². The second-order valence-corrected chi connectivity index (χ2v) is 10.3. The summed E-state index contributed by atoms with van der Waals surface area (Å²) in [6.07, 6.45) is -2.12. The number of alkyl halides is 3. The topological polar surface area (TPSA) is 62.6 Å². The summed E-state index contributed by atoms with van der Waals surface area (Å²) >= 11 is 0. The van der Waals surface area contributed by atoms with Crippen LogP contribution in [0.2, 0.25) is 0 Å². The van der Waals surface area contributed by atoms with Crippen molar-refractivity contribution in [2.24, 2.45) is 0 Å². The minimum Gasteiger partial charge on any atom is -0.406 e. The first-order chi connectivity index (χ1) is 18.7. The van der Waals surface area contributed by atoms with Crippen LogP contribution in [-0.4, -0.2) is 53.4 Å². The van der Waals surface area contributed by atoms with Gasteiger partial charge in [-0.05, 0) is 67.6 Å². The maximum Gasteiger partial charge on any atom is 0.573 e. The van der Waals surface area contributed by atoms with Crippen molar-refractivity contribution < 1.29 is 22.7 Å². The molecule has 208 valence electrons. The van der Waals surface area contributed by atoms with Gasteiger partial charge in [0.2, 0.25) is 0 Å². The Morgan fingerprint density at radius 3 is 2.36 bits per heavy atom. The third kappa shape index (κ3) is 6.38. The Bertz CT molecular complexity index is 1280. The van der Waals surface area contributed by atoms with Gasteiger partial charge < -0.3 is 19.5 Å². The predicted octanol–water partition coefficient (Wildman–Crippen LogP) is 5.10. The van der Waals surface area contributed by atoms with E-state index in [1.807, 2.05) is 19.1 Å². The molecule has 39 heavy (non-hydrogen) atoms. The van der Waals surface area contributed by atoms with E-state index in [0.717, 1.165) is 80.3 Å². The lowest BCUT2D eigenvalue weighted by Crippen LogP contribution is -2.34. The van der Waals surface area contributed by atoms with Crippen LogP contribution in [0, 0.1) is 0 Å². The van der Waals surface area contributed by atoms with Crippen molar-refractivity contribution in [3.8, 4) is 5.75 Å². The molecule has 2 aromatic carbocycles. The van der Waals surface area contributed by atoms with Gasteiger partial charge >= 0.3 is 6.36 Å². The standard InChI is InChI=1S/C29H34F3N5O2/c1-3-25-27(37-17-16-35(2)19-26(37)34-25)28(38)33-18-20-4-8-23(9-5-20)36-14-12-22(13-15-36)21-6-10-24(11-7-21)39-29(30,31)32/h4-11,22H,3,12-19H2,1-2H3,(H,33,38). The molecular formula is C29H34F3N5O2. The van der Waals surface area contributed by atoms with Crippen molar-refractivity contribution in [2.75, 3.05) is 31.6 Å². The summed E-state index contributed by atoms with van der Waals surface area (Å²) in [6, 6.07) is 14.5. The molecule has 3 heterocycles. The summed E-state index contributed by atoms with van der Waals surface area (Å²) in [4.78, 5) is 22.3. The molecule has 0 radical (unpaired) electrons. The number of carbonyl (C=O) groups is 1. The number of hydrogen-bond donors (Lipinski definition) is 1. The molecule has 3 aromatic rings. The zero-order valence-corrected chi connectivity index (χ0v) is 22.3. The van der Waals surface area contributed by atoms with E-state index in [4.69, 9.17) is 4.98 Å². The number of carbonyl (C=O) groups excluding carboxylic acids is 1. The molecule has 0 spiro atoms. The van der Waals surface area contributed by atoms with Crippen molar-refractivity contribution in [2.45, 2.75) is 58.1 Å². The Labute approximate surface area is 226 Å². The summed E-state index contributed by atoms with van der Waals surface area (Å²) < 4.78 is 43.3. The highest BCUT2D eigenvalue weighted by molar-refractivity contribution is 5.94. The second-order valence-electron chi connectivity index (χ2n) is 10.3. The normalized spacial score (nSPS) is 16.7. The van der Waals surface area contributed by atoms with E-state index in [-0.39, 0.29) is 11.7 Å². The van der Waals surface area contributed by atoms with Crippen molar-refractivity contribution in [3.63, 3.8) is 0 Å². The van der Waals surface area contributed by atoms with E-state index >= 15 is 0 Å². The van der Waals surface area contributed by atoms with E-state index in [1.54, 1.807) is 12.1 Å². The average Bonchev–Trinajstić information content (AvgIpc) is 3.29. The molecule has 0 aliphatic carbocycles. The van der Waals surface area contributed by atoms with E-state index in [2.05, 4.69) is 43.6 Å². The highest BCUT2D eigenvalue weighted by Gasteiger charge is 2.31. The minimum atomic E-state index is -4.68. The number of benzene rings is 2. The number of amides is 1. The van der Waals surface area contributed by atoms with Crippen LogP contribution in [0.1, 0.15) is 58.8 Å². The van der Waals surface area contributed by atoms with Gasteiger partial charge in [-0.15, -0.1) is 13.2 Å². The molecule has 0 atom stereocenters. The summed E-state index contributed by atoms with van der Waals surface area (Å²) in [6.45, 7) is 6.62. The number of anilines is 1. The van der Waals surface area contributed by atoms with E-state index in [1.165, 1.54) is 12.1 Å². The number of aryl methyl sites for hydroxylation is 1. The lowest BCUT2D eigenvalue weighted by Gasteiger charge is -2.34. The van der Waals surface area contributed by atoms with Crippen molar-refractivity contribution in [1.82, 2.24) is 19.8 Å². The van der Waals surface area contributed by atoms with E-state index < -0.39 is 6.36 Å². The van der Waals surface area contributed by atoms with Crippen LogP contribution in [0.25, 0.3) is 0 Å². The zero-order chi connectivity index (χ0) is 27.6. The Morgan fingerprint density at radius 2 is 1.72 bits per heavy atom. The molecule has 7 nitrogen and oxygen atoms in total. The average molecular weight is 542 g/mol. The van der Waals surface area contributed by atoms with Gasteiger partial charge in [0.1, 0.15) is 17.3 Å². The largest absolute Gasteiger partial charge is 0.573 e. The van der Waals surface area contributed by atoms with Crippen molar-refractivity contribution in [3.05, 3.63) is 76.9 Å². The lowest BCUT2D eigenvalue weighted by atomic mass is 9.89. The molecule has 1 aromatic heterocycles. The van der Waals surface area contributed by atoms with Gasteiger partial charge in [0.25, 0.3) is 5.91 Å². The SMILES string of the molecule is CCc1nc2n(c1C(=O)NCc1ccc(N3CCC(c4ccc(OC(F)(F)F)cc4)CC3)cc1)CCN(C)C2. The molecule has 2 aliphatic rings. The highest BCUT2D eigenvalue weighted by Crippen LogP contribution is 2.32. The van der Waals surface area contributed by atoms with Gasteiger partial charge in [-0.2, -0.15) is 0 Å². The summed E-state index contributed by atoms with van der Waals surface area (Å²) in [7, 11) is 2.06. The molecule has 1 amide bonds. The van der Waals surface area contributed by atoms with Gasteiger partial charge in [-0.25, -0.2) is 4.98 Å². The third-order valence-electron chi connectivity index (χ3n) is 7.62. The fraction of sp³-hybridized carbons (Fsp3) is 0.448. The maximum absolute atomic E-state index is 13.1. The lowest BCUT2D eigenvalue weighted by molar-refractivity contribution is -0.274. The molecule has 2 aliphatic heterocycles. The first-order valence-corrected chi connectivity index (χ1v) is 13.4. The van der Waals surface area contributed by atoms with Crippen molar-refractivity contribution in [1.29, 1.82) is 0 Å². The third-order valence-corrected chi connectivity index (χ3v) is 7.62. The number of rotatable bonds is 7. The Hall–Kier alpha value is -3.53. The Kier molecular flexibility index (Phi) is 7.83. The molecular weight excluding hydrogens is 507 g/mol. The number of nitrogens with one attached hydrogen (secondary N) is 1. The quantitative estimate of drug-likeness (QED) is 0.451. The number of likely N-dealkylation sites (N-methyl/N-ethyl adjacent to an activating group) is 1. The number of imidazole rings is 1. The van der Waals surface area contributed by atoms with Gasteiger partial charge in [0.05, 0.1) is 12.2 Å². The van der Waals surface area contributed by atoms with Gasteiger partial charge in [-0.1, -0.05) is 31.2 Å². The van der Waals surface area contributed by atoms with Crippen molar-refractivity contribution >= 4 is 11.6 Å². The number of piperidine rings is 1. The summed E-state index contributed by atoms with van der Waals surface area (Å²) in [5.74, 6) is 0.979. The smallest absolute Gasteiger partial charge is 0.406 e. The van der Waals surface area contributed by atoms with Gasteiger partial charge in [-0.3, -0.25) is 9.69 Å². The van der Waals surface area contributed by atoms with Crippen LogP contribution < -0.4 is 15.0 Å². The molecule has 1 fully saturated rings. The van der Waals surface area contributed by atoms with E-state index in [9.17, 15) is 18.0 Å². The number of fused-ring (bicyclic) bond motifs is 1. The summed E-state index contributed by atoms with van der Waals surface area (Å²) in [5, 5.41) is 3.08. The number of nitrogens with zero attached hydrogens (tertiary/aromatic N) is 4. The maximum atomic E-state index is 13.1. The number of halogens is 3. The zero-order valence-electron chi connectivity index (χ0n) is 22.3. The first-order valence-electron chi connectivity index (χ1n) is 13.4. The number of hydrogen-bond acceptors (Lipinski definition) is 5.